The van der Waals surface area contributed by atoms with Crippen molar-refractivity contribution in [3.8, 4) is 5.69 Å². The van der Waals surface area contributed by atoms with Crippen LogP contribution in [0.2, 0.25) is 16.9 Å². The van der Waals surface area contributed by atoms with Gasteiger partial charge in [0, 0.05) is 62.0 Å². The molecule has 0 bridgehead atoms. The van der Waals surface area contributed by atoms with Gasteiger partial charge in [0.15, 0.2) is 11.6 Å². The molecule has 1 fully saturated rings. The highest BCUT2D eigenvalue weighted by atomic mass is 35.5. The summed E-state index contributed by atoms with van der Waals surface area (Å²) in [5.41, 5.74) is 9.78. The molecule has 14 heteroatoms. The maximum absolute atomic E-state index is 12.8. The van der Waals surface area contributed by atoms with Gasteiger partial charge in [0.2, 0.25) is 0 Å². The van der Waals surface area contributed by atoms with E-state index in [1.807, 2.05) is 74.5 Å². The van der Waals surface area contributed by atoms with Crippen molar-refractivity contribution in [2.75, 3.05) is 38.1 Å². The van der Waals surface area contributed by atoms with E-state index in [9.17, 15) is 14.6 Å². The van der Waals surface area contributed by atoms with Crippen molar-refractivity contribution in [2.45, 2.75) is 39.8 Å². The molecule has 1 saturated heterocycles. The van der Waals surface area contributed by atoms with Crippen LogP contribution in [0.1, 0.15) is 48.7 Å². The average Bonchev–Trinajstić information content (AvgIpc) is 3.86. The highest BCUT2D eigenvalue weighted by Crippen LogP contribution is 2.27. The van der Waals surface area contributed by atoms with Crippen molar-refractivity contribution in [1.29, 1.82) is 0 Å². The Hall–Kier alpha value is -3.93. The maximum Gasteiger partial charge on any atom is 0.491 e. The Bertz CT molecular complexity index is 2180. The molecule has 0 atom stereocenters. The molecule has 8 rings (SSSR count). The Kier molecular flexibility index (Phi) is 12.7. The van der Waals surface area contributed by atoms with Gasteiger partial charge in [-0.15, -0.1) is 12.4 Å². The fraction of sp³-hybridized carbons (Fsp3) is 0.275. The second-order valence-electron chi connectivity index (χ2n) is 13.9. The van der Waals surface area contributed by atoms with E-state index in [1.54, 1.807) is 16.8 Å². The van der Waals surface area contributed by atoms with Crippen LogP contribution in [0.4, 0.5) is 5.69 Å². The van der Waals surface area contributed by atoms with Crippen molar-refractivity contribution in [3.05, 3.63) is 134 Å². The normalized spacial score (nSPS) is 15.0. The molecule has 0 amide bonds. The standard InChI is InChI=1S/C21H24BClN2O2.C19H16BClN2O3.ClH/c1-22-19-11-15(3-4-16(19)14-27-22)12-21(26)18-6-5-17(13-20(18)23)25-9-7-24(2)8-10-25;1-12-6-7-23(22-12)15-4-5-16(18(21)10-15)19(24)9-13-2-3-14-11-26-20(25)17(14)8-13;/h3-6,11,13H,7-10,12,14H2,1-2H3;2-8,10,25H,9,11H2,1H3;1H. The van der Waals surface area contributed by atoms with E-state index in [4.69, 9.17) is 32.5 Å². The number of likely N-dealkylation sites (N-methyl/N-ethyl adjacent to an activating group) is 1. The van der Waals surface area contributed by atoms with Crippen molar-refractivity contribution in [1.82, 2.24) is 14.7 Å². The molecule has 0 radical (unpaired) electrons. The van der Waals surface area contributed by atoms with E-state index in [0.717, 1.165) is 65.4 Å². The van der Waals surface area contributed by atoms with Gasteiger partial charge in [-0.25, -0.2) is 4.68 Å². The molecule has 54 heavy (non-hydrogen) atoms. The number of anilines is 1. The van der Waals surface area contributed by atoms with E-state index in [-0.39, 0.29) is 37.3 Å². The van der Waals surface area contributed by atoms with Crippen LogP contribution in [0.5, 0.6) is 0 Å². The molecule has 278 valence electrons. The monoisotopic (exact) mass is 784 g/mol. The van der Waals surface area contributed by atoms with Gasteiger partial charge in [0.1, 0.15) is 0 Å². The van der Waals surface area contributed by atoms with Crippen LogP contribution >= 0.6 is 35.6 Å². The van der Waals surface area contributed by atoms with E-state index in [1.165, 1.54) is 11.0 Å². The Morgan fingerprint density at radius 2 is 1.31 bits per heavy atom. The first kappa shape index (κ1) is 39.8. The van der Waals surface area contributed by atoms with Crippen LogP contribution in [-0.4, -0.2) is 78.5 Å². The first-order chi connectivity index (χ1) is 25.5. The number of piperazine rings is 1. The molecule has 9 nitrogen and oxygen atoms in total. The number of ketones is 2. The van der Waals surface area contributed by atoms with Crippen molar-refractivity contribution >= 4 is 77.8 Å². The number of nitrogens with zero attached hydrogens (tertiary/aromatic N) is 4. The number of fused-ring (bicyclic) bond motifs is 2. The molecule has 1 aromatic heterocycles. The fourth-order valence-corrected chi connectivity index (χ4v) is 7.49. The Balaban J connectivity index is 0.000000181. The molecule has 4 aromatic carbocycles. The van der Waals surface area contributed by atoms with E-state index in [0.29, 0.717) is 40.8 Å². The number of carbonyl (C=O) groups excluding carboxylic acids is 2. The summed E-state index contributed by atoms with van der Waals surface area (Å²) >= 11 is 12.8. The second-order valence-corrected chi connectivity index (χ2v) is 14.7. The number of carbonyl (C=O) groups is 2. The zero-order valence-electron chi connectivity index (χ0n) is 30.4. The predicted molar refractivity (Wildman–Crippen MR) is 219 cm³/mol. The van der Waals surface area contributed by atoms with E-state index >= 15 is 0 Å². The third-order valence-corrected chi connectivity index (χ3v) is 10.7. The molecule has 3 aliphatic heterocycles. The zero-order chi connectivity index (χ0) is 37.2. The van der Waals surface area contributed by atoms with Crippen molar-refractivity contribution < 1.29 is 23.9 Å². The lowest BCUT2D eigenvalue weighted by atomic mass is 9.64. The average molecular weight is 786 g/mol. The van der Waals surface area contributed by atoms with E-state index < -0.39 is 7.12 Å². The third-order valence-electron chi connectivity index (χ3n) is 10.1. The number of Topliss-reactive ketones (excluding diaryl/α,β-unsaturated/α-hetero) is 2. The van der Waals surface area contributed by atoms with Gasteiger partial charge in [0.05, 0.1) is 34.6 Å². The summed E-state index contributed by atoms with van der Waals surface area (Å²) in [5, 5.41) is 15.1. The van der Waals surface area contributed by atoms with Gasteiger partial charge in [-0.05, 0) is 89.6 Å². The Morgan fingerprint density at radius 3 is 1.91 bits per heavy atom. The summed E-state index contributed by atoms with van der Waals surface area (Å²) in [4.78, 5) is 30.1. The van der Waals surface area contributed by atoms with Crippen LogP contribution in [0.25, 0.3) is 5.69 Å². The molecular formula is C40H41B2Cl3N4O5. The molecule has 0 aliphatic carbocycles. The lowest BCUT2D eigenvalue weighted by molar-refractivity contribution is 0.0985. The number of hydrogen-bond donors (Lipinski definition) is 1. The van der Waals surface area contributed by atoms with Gasteiger partial charge >= 0.3 is 14.0 Å². The summed E-state index contributed by atoms with van der Waals surface area (Å²) in [7, 11) is 1.22. The molecule has 0 unspecified atom stereocenters. The lowest BCUT2D eigenvalue weighted by Crippen LogP contribution is -2.44. The Labute approximate surface area is 332 Å². The summed E-state index contributed by atoms with van der Waals surface area (Å²) in [6.07, 6.45) is 2.41. The minimum absolute atomic E-state index is 0. The van der Waals surface area contributed by atoms with Crippen molar-refractivity contribution in [3.63, 3.8) is 0 Å². The minimum atomic E-state index is -0.916. The zero-order valence-corrected chi connectivity index (χ0v) is 32.8. The smallest absolute Gasteiger partial charge is 0.427 e. The summed E-state index contributed by atoms with van der Waals surface area (Å²) < 4.78 is 12.6. The van der Waals surface area contributed by atoms with Crippen molar-refractivity contribution in [2.24, 2.45) is 0 Å². The maximum atomic E-state index is 12.8. The number of hydrogen-bond acceptors (Lipinski definition) is 8. The van der Waals surface area contributed by atoms with Gasteiger partial charge in [-0.2, -0.15) is 5.10 Å². The lowest BCUT2D eigenvalue weighted by Gasteiger charge is -2.34. The largest absolute Gasteiger partial charge is 0.491 e. The van der Waals surface area contributed by atoms with Crippen LogP contribution < -0.4 is 15.8 Å². The molecule has 3 aliphatic rings. The van der Waals surface area contributed by atoms with Crippen LogP contribution in [0, 0.1) is 6.92 Å². The van der Waals surface area contributed by atoms with E-state index in [2.05, 4.69) is 34.1 Å². The van der Waals surface area contributed by atoms with Gasteiger partial charge in [-0.3, -0.25) is 9.59 Å². The van der Waals surface area contributed by atoms with Crippen LogP contribution in [0.3, 0.4) is 0 Å². The molecule has 5 aromatic rings. The predicted octanol–water partition coefficient (Wildman–Crippen LogP) is 5.77. The summed E-state index contributed by atoms with van der Waals surface area (Å²) in [5.74, 6) is -0.0250. The number of aryl methyl sites for hydroxylation is 1. The minimum Gasteiger partial charge on any atom is -0.427 e. The van der Waals surface area contributed by atoms with Crippen LogP contribution in [-0.2, 0) is 35.4 Å². The third kappa shape index (κ3) is 8.95. The Morgan fingerprint density at radius 1 is 0.759 bits per heavy atom. The van der Waals surface area contributed by atoms with Gasteiger partial charge in [0.25, 0.3) is 0 Å². The second kappa shape index (κ2) is 17.3. The summed E-state index contributed by atoms with van der Waals surface area (Å²) in [6, 6.07) is 24.8. The molecular weight excluding hydrogens is 744 g/mol. The summed E-state index contributed by atoms with van der Waals surface area (Å²) in [6.45, 7) is 9.15. The van der Waals surface area contributed by atoms with Gasteiger partial charge in [-0.1, -0.05) is 66.4 Å². The number of benzene rings is 4. The quantitative estimate of drug-likeness (QED) is 0.157. The molecule has 4 heterocycles. The SMILES string of the molecule is CB1OCc2ccc(CC(=O)c3ccc(N4CCN(C)CC4)cc3Cl)cc21.Cc1ccn(-c2ccc(C(=O)Cc3ccc4c(c3)B(O)OC4)c(Cl)c2)n1.Cl. The highest BCUT2D eigenvalue weighted by Gasteiger charge is 2.28. The van der Waals surface area contributed by atoms with Gasteiger partial charge < -0.3 is 24.1 Å². The molecule has 1 N–H and O–H groups in total. The number of halogens is 3. The number of rotatable bonds is 8. The topological polar surface area (TPSA) is 97.1 Å². The first-order valence-electron chi connectivity index (χ1n) is 17.8. The first-order valence-corrected chi connectivity index (χ1v) is 18.5. The highest BCUT2D eigenvalue weighted by molar-refractivity contribution is 6.67. The molecule has 0 spiro atoms. The number of aromatic nitrogens is 2. The molecule has 0 saturated carbocycles. The van der Waals surface area contributed by atoms with Crippen LogP contribution in [0.15, 0.2) is 85.1 Å². The fourth-order valence-electron chi connectivity index (χ4n) is 6.93.